The zero-order valence-corrected chi connectivity index (χ0v) is 27.1. The summed E-state index contributed by atoms with van der Waals surface area (Å²) in [6, 6.07) is 6.13. The van der Waals surface area contributed by atoms with Crippen LogP contribution in [-0.4, -0.2) is 83.3 Å². The fourth-order valence-corrected chi connectivity index (χ4v) is 8.58. The van der Waals surface area contributed by atoms with Gasteiger partial charge in [-0.25, -0.2) is 23.1 Å². The Morgan fingerprint density at radius 2 is 2.13 bits per heavy atom. The van der Waals surface area contributed by atoms with Crippen LogP contribution in [-0.2, 0) is 4.79 Å². The lowest BCUT2D eigenvalue weighted by Crippen LogP contribution is -2.43. The molecule has 47 heavy (non-hydrogen) atoms. The summed E-state index contributed by atoms with van der Waals surface area (Å²) in [5, 5.41) is 10.9. The van der Waals surface area contributed by atoms with E-state index in [0.717, 1.165) is 30.7 Å². The van der Waals surface area contributed by atoms with Crippen molar-refractivity contribution in [1.82, 2.24) is 19.8 Å². The Morgan fingerprint density at radius 3 is 2.89 bits per heavy atom. The minimum atomic E-state index is -0.987. The topological polar surface area (TPSA) is 112 Å². The number of rotatable bonds is 7. The highest BCUT2D eigenvalue weighted by Gasteiger charge is 2.49. The van der Waals surface area contributed by atoms with Gasteiger partial charge in [0.15, 0.2) is 10.9 Å². The van der Waals surface area contributed by atoms with Crippen LogP contribution in [0.2, 0.25) is 5.02 Å². The number of aromatic nitrogens is 2. The van der Waals surface area contributed by atoms with Crippen LogP contribution in [0.3, 0.4) is 0 Å². The minimum absolute atomic E-state index is 0.00111. The molecule has 0 radical (unpaired) electrons. The Hall–Kier alpha value is -4.12. The van der Waals surface area contributed by atoms with E-state index in [1.165, 1.54) is 24.3 Å². The van der Waals surface area contributed by atoms with Gasteiger partial charge in [-0.3, -0.25) is 9.69 Å². The highest BCUT2D eigenvalue weighted by atomic mass is 35.5. The smallest absolute Gasteiger partial charge is 0.246 e. The Morgan fingerprint density at radius 1 is 1.32 bits per heavy atom. The summed E-state index contributed by atoms with van der Waals surface area (Å²) < 4.78 is 52.6. The maximum atomic E-state index is 16.9. The van der Waals surface area contributed by atoms with Gasteiger partial charge in [0.1, 0.15) is 35.7 Å². The summed E-state index contributed by atoms with van der Waals surface area (Å²) in [6.07, 6.45) is 2.79. The summed E-state index contributed by atoms with van der Waals surface area (Å²) in [6.45, 7) is 5.56. The summed E-state index contributed by atoms with van der Waals surface area (Å²) >= 11 is 7.75. The maximum absolute atomic E-state index is 16.9. The van der Waals surface area contributed by atoms with Crippen molar-refractivity contribution >= 4 is 60.8 Å². The Labute approximate surface area is 278 Å². The first kappa shape index (κ1) is 31.5. The van der Waals surface area contributed by atoms with Gasteiger partial charge in [-0.05, 0) is 50.1 Å². The lowest BCUT2D eigenvalue weighted by molar-refractivity contribution is -0.125. The highest BCUT2D eigenvalue weighted by Crippen LogP contribution is 2.46. The first-order valence-corrected chi connectivity index (χ1v) is 16.5. The molecule has 0 spiro atoms. The number of nitrogens with zero attached hydrogens (tertiary/aromatic N) is 6. The Bertz CT molecular complexity index is 2000. The zero-order valence-electron chi connectivity index (χ0n) is 25.5. The number of amides is 1. The van der Waals surface area contributed by atoms with Crippen LogP contribution in [0, 0.1) is 23.0 Å². The number of hydrogen-bond donors (Lipinski definition) is 1. The molecule has 1 amide bonds. The molecule has 0 bridgehead atoms. The fourth-order valence-electron chi connectivity index (χ4n) is 7.53. The van der Waals surface area contributed by atoms with Crippen LogP contribution in [0.25, 0.3) is 32.2 Å². The number of benzene rings is 2. The van der Waals surface area contributed by atoms with Gasteiger partial charge in [0.2, 0.25) is 11.8 Å². The largest absolute Gasteiger partial charge is 0.475 e. The number of hydrogen-bond acceptors (Lipinski definition) is 9. The molecule has 2 aromatic heterocycles. The molecule has 7 rings (SSSR count). The number of nitriles is 1. The molecule has 3 unspecified atom stereocenters. The van der Waals surface area contributed by atoms with Gasteiger partial charge in [0.25, 0.3) is 0 Å². The molecule has 3 atom stereocenters. The normalized spacial score (nSPS) is 22.6. The van der Waals surface area contributed by atoms with Gasteiger partial charge in [0.05, 0.1) is 26.5 Å². The van der Waals surface area contributed by atoms with Crippen LogP contribution in [0.15, 0.2) is 30.9 Å². The third-order valence-electron chi connectivity index (χ3n) is 9.79. The number of likely N-dealkylation sites (tertiary alicyclic amines) is 1. The molecule has 2 aromatic carbocycles. The van der Waals surface area contributed by atoms with Crippen LogP contribution >= 0.6 is 22.9 Å². The van der Waals surface area contributed by atoms with Gasteiger partial charge in [-0.2, -0.15) is 5.26 Å². The number of alkyl halides is 1. The monoisotopic (exact) mass is 681 g/mol. The van der Waals surface area contributed by atoms with E-state index in [1.54, 1.807) is 11.9 Å². The fraction of sp³-hybridized carbons (Fsp3) is 0.394. The van der Waals surface area contributed by atoms with E-state index in [0.29, 0.717) is 38.2 Å². The number of thiazole rings is 1. The summed E-state index contributed by atoms with van der Waals surface area (Å²) in [5.74, 6) is -1.65. The highest BCUT2D eigenvalue weighted by molar-refractivity contribution is 7.22. The molecule has 3 aliphatic rings. The van der Waals surface area contributed by atoms with E-state index in [4.69, 9.17) is 22.1 Å². The van der Waals surface area contributed by atoms with Crippen molar-refractivity contribution in [3.05, 3.63) is 53.1 Å². The number of fused-ring (bicyclic) bond motifs is 3. The number of pyridine rings is 1. The Balaban J connectivity index is 1.40. The first-order valence-electron chi connectivity index (χ1n) is 15.3. The van der Waals surface area contributed by atoms with Gasteiger partial charge in [0, 0.05) is 55.7 Å². The maximum Gasteiger partial charge on any atom is 0.246 e. The van der Waals surface area contributed by atoms with Crippen molar-refractivity contribution in [1.29, 1.82) is 5.26 Å². The molecule has 2 N–H and O–H groups in total. The average molecular weight is 682 g/mol. The molecule has 0 aliphatic carbocycles. The van der Waals surface area contributed by atoms with Crippen molar-refractivity contribution in [3.63, 3.8) is 0 Å². The number of halogens is 4. The molecular weight excluding hydrogens is 651 g/mol. The molecule has 3 aliphatic heterocycles. The minimum Gasteiger partial charge on any atom is -0.475 e. The SMILES string of the molecule is C=CC(=O)N1CCC(N(C)c2c(C#N)c(OCC34CCCN3CC(F)C4)nc3c(F)c(-c4ccc(F)c5sc(N)nc45)c(Cl)cc23)C1. The van der Waals surface area contributed by atoms with Crippen LogP contribution < -0.4 is 15.4 Å². The van der Waals surface area contributed by atoms with Crippen molar-refractivity contribution in [2.45, 2.75) is 43.4 Å². The summed E-state index contributed by atoms with van der Waals surface area (Å²) in [4.78, 5) is 26.8. The molecule has 5 heterocycles. The van der Waals surface area contributed by atoms with E-state index in [9.17, 15) is 18.8 Å². The number of carbonyl (C=O) groups excluding carboxylic acids is 1. The third-order valence-corrected chi connectivity index (χ3v) is 11.0. The molecule has 9 nitrogen and oxygen atoms in total. The predicted molar refractivity (Wildman–Crippen MR) is 177 cm³/mol. The predicted octanol–water partition coefficient (Wildman–Crippen LogP) is 6.08. The molecule has 4 aromatic rings. The van der Waals surface area contributed by atoms with E-state index in [-0.39, 0.29) is 72.4 Å². The number of carbonyl (C=O) groups is 1. The zero-order chi connectivity index (χ0) is 33.2. The molecule has 14 heteroatoms. The number of nitrogen functional groups attached to an aromatic ring is 1. The van der Waals surface area contributed by atoms with Crippen LogP contribution in [0.4, 0.5) is 24.0 Å². The van der Waals surface area contributed by atoms with Crippen molar-refractivity contribution in [2.75, 3.05) is 50.5 Å². The Kier molecular flexibility index (Phi) is 7.93. The number of likely N-dealkylation sites (N-methyl/N-ethyl adjacent to an activating group) is 1. The van der Waals surface area contributed by atoms with Crippen molar-refractivity contribution < 1.29 is 22.7 Å². The lowest BCUT2D eigenvalue weighted by atomic mass is 9.95. The second kappa shape index (κ2) is 11.8. The summed E-state index contributed by atoms with van der Waals surface area (Å²) in [5.41, 5.74) is 6.00. The standard InChI is InChI=1S/C33H31ClF3N7O2S/c1-3-24(45)43-10-7-18(15-43)42(2)29-20-11-22(34)25(19-5-6-23(36)30-28(19)41-32(39)47-30)26(37)27(20)40-31(21(29)13-38)46-16-33-8-4-9-44(33)14-17(35)12-33/h3,5-6,11,17-18H,1,4,7-10,12,14-16H2,2H3,(H2,39,41). The van der Waals surface area contributed by atoms with Gasteiger partial charge in [-0.15, -0.1) is 0 Å². The molecule has 244 valence electrons. The number of ether oxygens (including phenoxy) is 1. The molecular formula is C33H31ClF3N7O2S. The van der Waals surface area contributed by atoms with E-state index >= 15 is 4.39 Å². The van der Waals surface area contributed by atoms with Gasteiger partial charge in [-0.1, -0.05) is 29.5 Å². The van der Waals surface area contributed by atoms with Crippen LogP contribution in [0.5, 0.6) is 5.88 Å². The third kappa shape index (κ3) is 5.14. The second-order valence-corrected chi connectivity index (χ2v) is 13.9. The molecule has 0 saturated carbocycles. The van der Waals surface area contributed by atoms with Gasteiger partial charge < -0.3 is 20.3 Å². The van der Waals surface area contributed by atoms with Crippen molar-refractivity contribution in [3.8, 4) is 23.1 Å². The van der Waals surface area contributed by atoms with Crippen molar-refractivity contribution in [2.24, 2.45) is 0 Å². The molecule has 3 fully saturated rings. The van der Waals surface area contributed by atoms with E-state index in [1.807, 2.05) is 4.90 Å². The summed E-state index contributed by atoms with van der Waals surface area (Å²) in [7, 11) is 1.77. The quantitative estimate of drug-likeness (QED) is 0.234. The molecule has 3 saturated heterocycles. The second-order valence-electron chi connectivity index (χ2n) is 12.4. The number of anilines is 2. The van der Waals surface area contributed by atoms with E-state index in [2.05, 4.69) is 27.5 Å². The number of nitrogens with two attached hydrogens (primary N) is 1. The van der Waals surface area contributed by atoms with E-state index < -0.39 is 23.3 Å². The average Bonchev–Trinajstić information content (AvgIpc) is 3.83. The van der Waals surface area contributed by atoms with Gasteiger partial charge >= 0.3 is 0 Å². The van der Waals surface area contributed by atoms with Crippen LogP contribution in [0.1, 0.15) is 31.2 Å². The first-order chi connectivity index (χ1) is 22.5. The lowest BCUT2D eigenvalue weighted by Gasteiger charge is -2.32.